The molecule has 118 valence electrons. The lowest BCUT2D eigenvalue weighted by Crippen LogP contribution is -2.54. The average Bonchev–Trinajstić information content (AvgIpc) is 2.26. The van der Waals surface area contributed by atoms with E-state index in [9.17, 15) is 31.1 Å². The molecule has 1 saturated heterocycles. The van der Waals surface area contributed by atoms with E-state index in [1.807, 2.05) is 0 Å². The van der Waals surface area contributed by atoms with Crippen LogP contribution in [0.15, 0.2) is 0 Å². The number of likely N-dealkylation sites (tertiary alicyclic amines) is 1. The second-order valence-corrected chi connectivity index (χ2v) is 4.71. The van der Waals surface area contributed by atoms with E-state index in [0.717, 1.165) is 0 Å². The van der Waals surface area contributed by atoms with Gasteiger partial charge in [0.15, 0.2) is 0 Å². The third kappa shape index (κ3) is 4.00. The summed E-state index contributed by atoms with van der Waals surface area (Å²) in [4.78, 5) is 12.3. The predicted molar refractivity (Wildman–Crippen MR) is 56.7 cm³/mol. The van der Waals surface area contributed by atoms with Gasteiger partial charge >= 0.3 is 12.4 Å². The van der Waals surface area contributed by atoms with E-state index < -0.39 is 36.8 Å². The van der Waals surface area contributed by atoms with Gasteiger partial charge in [0, 0.05) is 19.2 Å². The second kappa shape index (κ2) is 6.19. The normalized spacial score (nSPS) is 21.4. The lowest BCUT2D eigenvalue weighted by atomic mass is 9.96. The monoisotopic (exact) mass is 307 g/mol. The Hall–Kier alpha value is -0.990. The third-order valence-corrected chi connectivity index (χ3v) is 3.27. The first-order valence-corrected chi connectivity index (χ1v) is 6.13. The summed E-state index contributed by atoms with van der Waals surface area (Å²) in [5.74, 6) is -5.96. The van der Waals surface area contributed by atoms with Crippen LogP contribution < -0.4 is 0 Å². The van der Waals surface area contributed by atoms with Gasteiger partial charge in [0.05, 0.1) is 0 Å². The Morgan fingerprint density at radius 2 is 1.70 bits per heavy atom. The molecular formula is C11H15F6NO2. The van der Waals surface area contributed by atoms with Crippen molar-refractivity contribution < 1.29 is 36.2 Å². The number of alkyl halides is 6. The Labute approximate surface area is 111 Å². The van der Waals surface area contributed by atoms with Crippen LogP contribution in [0.4, 0.5) is 26.3 Å². The highest BCUT2D eigenvalue weighted by Gasteiger charge is 2.62. The average molecular weight is 307 g/mol. The summed E-state index contributed by atoms with van der Waals surface area (Å²) in [6, 6.07) is -0.770. The highest BCUT2D eigenvalue weighted by molar-refractivity contribution is 5.80. The Bertz CT molecular complexity index is 325. The first-order valence-electron chi connectivity index (χ1n) is 6.13. The predicted octanol–water partition coefficient (Wildman–Crippen LogP) is 2.49. The van der Waals surface area contributed by atoms with Gasteiger partial charge in [-0.05, 0) is 25.7 Å². The minimum atomic E-state index is -5.67. The molecular weight excluding hydrogens is 292 g/mol. The number of amides is 1. The van der Waals surface area contributed by atoms with Crippen molar-refractivity contribution in [2.75, 3.05) is 13.2 Å². The number of piperidine rings is 1. The van der Waals surface area contributed by atoms with Crippen LogP contribution in [0.1, 0.15) is 25.7 Å². The molecule has 0 spiro atoms. The number of nitrogens with zero attached hydrogens (tertiary/aromatic N) is 1. The van der Waals surface area contributed by atoms with E-state index in [1.165, 1.54) is 0 Å². The summed E-state index contributed by atoms with van der Waals surface area (Å²) in [5.41, 5.74) is 0. The molecule has 1 amide bonds. The Balaban J connectivity index is 2.98. The molecule has 1 aliphatic rings. The van der Waals surface area contributed by atoms with Gasteiger partial charge in [0.1, 0.15) is 0 Å². The Kier molecular flexibility index (Phi) is 5.28. The molecule has 0 aromatic rings. The SMILES string of the molecule is O=C(C(C(F)(F)F)C(F)(F)F)N1CCCCC1CCO. The second-order valence-electron chi connectivity index (χ2n) is 4.71. The van der Waals surface area contributed by atoms with Gasteiger partial charge in [0.25, 0.3) is 0 Å². The Morgan fingerprint density at radius 1 is 1.15 bits per heavy atom. The molecule has 1 unspecified atom stereocenters. The van der Waals surface area contributed by atoms with Gasteiger partial charge < -0.3 is 10.0 Å². The maximum Gasteiger partial charge on any atom is 0.409 e. The van der Waals surface area contributed by atoms with Crippen molar-refractivity contribution in [3.05, 3.63) is 0 Å². The molecule has 1 aliphatic heterocycles. The van der Waals surface area contributed by atoms with Gasteiger partial charge in [-0.15, -0.1) is 0 Å². The zero-order valence-corrected chi connectivity index (χ0v) is 10.5. The van der Waals surface area contributed by atoms with E-state index in [1.54, 1.807) is 0 Å². The van der Waals surface area contributed by atoms with Gasteiger partial charge in [-0.25, -0.2) is 0 Å². The van der Waals surface area contributed by atoms with Gasteiger partial charge in [-0.1, -0.05) is 0 Å². The highest BCUT2D eigenvalue weighted by atomic mass is 19.4. The molecule has 20 heavy (non-hydrogen) atoms. The van der Waals surface area contributed by atoms with Crippen molar-refractivity contribution in [1.82, 2.24) is 4.90 Å². The number of halogens is 6. The summed E-state index contributed by atoms with van der Waals surface area (Å²) in [5, 5.41) is 8.79. The van der Waals surface area contributed by atoms with Crippen molar-refractivity contribution in [2.45, 2.75) is 44.1 Å². The first kappa shape index (κ1) is 17.1. The molecule has 0 bridgehead atoms. The summed E-state index contributed by atoms with van der Waals surface area (Å²) in [6.45, 7) is -0.538. The van der Waals surface area contributed by atoms with Crippen molar-refractivity contribution in [3.8, 4) is 0 Å². The molecule has 1 fully saturated rings. The molecule has 1 atom stereocenters. The quantitative estimate of drug-likeness (QED) is 0.814. The van der Waals surface area contributed by atoms with Gasteiger partial charge in [-0.3, -0.25) is 4.79 Å². The molecule has 0 aromatic carbocycles. The van der Waals surface area contributed by atoms with Gasteiger partial charge in [0.2, 0.25) is 11.8 Å². The lowest BCUT2D eigenvalue weighted by molar-refractivity contribution is -0.278. The molecule has 0 radical (unpaired) electrons. The fourth-order valence-corrected chi connectivity index (χ4v) is 2.37. The smallest absolute Gasteiger partial charge is 0.396 e. The van der Waals surface area contributed by atoms with Crippen molar-refractivity contribution in [1.29, 1.82) is 0 Å². The topological polar surface area (TPSA) is 40.5 Å². The van der Waals surface area contributed by atoms with Crippen LogP contribution in [0.3, 0.4) is 0 Å². The zero-order chi connectivity index (χ0) is 15.6. The van der Waals surface area contributed by atoms with Crippen LogP contribution in [0, 0.1) is 5.92 Å². The fourth-order valence-electron chi connectivity index (χ4n) is 2.37. The first-order chi connectivity index (χ1) is 9.09. The van der Waals surface area contributed by atoms with Crippen molar-refractivity contribution in [2.24, 2.45) is 5.92 Å². The van der Waals surface area contributed by atoms with Crippen LogP contribution in [0.25, 0.3) is 0 Å². The highest BCUT2D eigenvalue weighted by Crippen LogP contribution is 2.41. The molecule has 0 aromatic heterocycles. The third-order valence-electron chi connectivity index (χ3n) is 3.27. The van der Waals surface area contributed by atoms with Crippen molar-refractivity contribution >= 4 is 5.91 Å². The molecule has 0 saturated carbocycles. The molecule has 1 N–H and O–H groups in total. The minimum Gasteiger partial charge on any atom is -0.396 e. The van der Waals surface area contributed by atoms with Crippen LogP contribution in [-0.2, 0) is 4.79 Å². The van der Waals surface area contributed by atoms with E-state index in [4.69, 9.17) is 5.11 Å². The summed E-state index contributed by atoms with van der Waals surface area (Å²) in [6.07, 6.45) is -10.1. The van der Waals surface area contributed by atoms with Crippen LogP contribution in [0.2, 0.25) is 0 Å². The number of aliphatic hydroxyl groups is 1. The number of hydrogen-bond acceptors (Lipinski definition) is 2. The maximum absolute atomic E-state index is 12.5. The van der Waals surface area contributed by atoms with Crippen LogP contribution in [-0.4, -0.2) is 47.5 Å². The molecule has 1 heterocycles. The summed E-state index contributed by atoms with van der Waals surface area (Å²) in [7, 11) is 0. The Morgan fingerprint density at radius 3 is 2.15 bits per heavy atom. The van der Waals surface area contributed by atoms with E-state index in [0.29, 0.717) is 24.2 Å². The summed E-state index contributed by atoms with van der Waals surface area (Å²) >= 11 is 0. The van der Waals surface area contributed by atoms with E-state index >= 15 is 0 Å². The van der Waals surface area contributed by atoms with Crippen molar-refractivity contribution in [3.63, 3.8) is 0 Å². The van der Waals surface area contributed by atoms with E-state index in [2.05, 4.69) is 0 Å². The number of hydrogen-bond donors (Lipinski definition) is 1. The maximum atomic E-state index is 12.5. The molecule has 0 aliphatic carbocycles. The standard InChI is InChI=1S/C11H15F6NO2/c12-10(13,14)8(11(15,16)17)9(20)18-5-2-1-3-7(18)4-6-19/h7-8,19H,1-6H2. The van der Waals surface area contributed by atoms with Gasteiger partial charge in [-0.2, -0.15) is 26.3 Å². The molecule has 9 heteroatoms. The fraction of sp³-hybridized carbons (Fsp3) is 0.909. The minimum absolute atomic E-state index is 0.0197. The zero-order valence-electron chi connectivity index (χ0n) is 10.5. The number of aliphatic hydroxyl groups excluding tert-OH is 1. The van der Waals surface area contributed by atoms with E-state index in [-0.39, 0.29) is 13.0 Å². The van der Waals surface area contributed by atoms with Crippen LogP contribution in [0.5, 0.6) is 0 Å². The number of rotatable bonds is 3. The number of carbonyl (C=O) groups excluding carboxylic acids is 1. The number of carbonyl (C=O) groups is 1. The van der Waals surface area contributed by atoms with Crippen LogP contribution >= 0.6 is 0 Å². The lowest BCUT2D eigenvalue weighted by Gasteiger charge is -2.38. The summed E-state index contributed by atoms with van der Waals surface area (Å²) < 4.78 is 75.1. The largest absolute Gasteiger partial charge is 0.409 e. The molecule has 1 rings (SSSR count). The molecule has 3 nitrogen and oxygen atoms in total.